The third kappa shape index (κ3) is 9.24. The normalized spacial score (nSPS) is 13.4. The number of hydrogen-bond acceptors (Lipinski definition) is 16. The summed E-state index contributed by atoms with van der Waals surface area (Å²) in [7, 11) is -8.80. The lowest BCUT2D eigenvalue weighted by Gasteiger charge is -2.17. The number of sulfonamides is 2. The van der Waals surface area contributed by atoms with Gasteiger partial charge in [-0.1, -0.05) is 59.7 Å². The summed E-state index contributed by atoms with van der Waals surface area (Å²) < 4.78 is 53.1. The summed E-state index contributed by atoms with van der Waals surface area (Å²) in [5, 5.41) is 54.1. The van der Waals surface area contributed by atoms with Crippen molar-refractivity contribution in [2.75, 3.05) is 0 Å². The van der Waals surface area contributed by atoms with E-state index in [1.165, 1.54) is 84.9 Å². The fourth-order valence-corrected chi connectivity index (χ4v) is 7.78. The maximum absolute atomic E-state index is 13.5. The molecule has 0 spiro atoms. The Hall–Kier alpha value is -8.06. The van der Waals surface area contributed by atoms with Gasteiger partial charge in [0.2, 0.25) is 0 Å². The molecule has 5 aromatic carbocycles. The molecule has 2 heterocycles. The highest BCUT2D eigenvalue weighted by Crippen LogP contribution is 2.25. The Morgan fingerprint density at radius 2 is 0.938 bits per heavy atom. The third-order valence-corrected chi connectivity index (χ3v) is 12.0. The summed E-state index contributed by atoms with van der Waals surface area (Å²) in [4.78, 5) is 65.2. The highest BCUT2D eigenvalue weighted by molar-refractivity contribution is 7.89. The van der Waals surface area contributed by atoms with Crippen LogP contribution in [-0.2, 0) is 20.0 Å². The predicted molar refractivity (Wildman–Crippen MR) is 230 cm³/mol. The number of aromatic nitrogens is 4. The van der Waals surface area contributed by atoms with Crippen LogP contribution in [0.4, 0.5) is 11.4 Å². The largest absolute Gasteiger partial charge is 0.382 e. The van der Waals surface area contributed by atoms with Crippen LogP contribution in [0.3, 0.4) is 0 Å². The molecule has 24 heteroatoms. The Morgan fingerprint density at radius 3 is 1.27 bits per heavy atom. The van der Waals surface area contributed by atoms with E-state index in [2.05, 4.69) is 30.1 Å². The number of benzene rings is 5. The molecule has 326 valence electrons. The lowest BCUT2D eigenvalue weighted by Crippen LogP contribution is -2.30. The summed E-state index contributed by atoms with van der Waals surface area (Å²) >= 11 is 0. The van der Waals surface area contributed by atoms with E-state index in [1.54, 1.807) is 13.8 Å². The quantitative estimate of drug-likeness (QED) is 0.0518. The lowest BCUT2D eigenvalue weighted by molar-refractivity contribution is -0.384. The minimum atomic E-state index is -4.40. The molecule has 7 rings (SSSR count). The van der Waals surface area contributed by atoms with Gasteiger partial charge in [0.25, 0.3) is 42.5 Å². The Labute approximate surface area is 360 Å². The number of nitrogens with one attached hydrogen (secondary N) is 4. The fourth-order valence-electron chi connectivity index (χ4n) is 6.15. The minimum Gasteiger partial charge on any atom is -0.382 e. The van der Waals surface area contributed by atoms with E-state index in [-0.39, 0.29) is 54.4 Å². The summed E-state index contributed by atoms with van der Waals surface area (Å²) in [5.41, 5.74) is -3.79. The highest BCUT2D eigenvalue weighted by atomic mass is 32.2. The molecule has 0 bridgehead atoms. The molecular weight excluding hydrogens is 877 g/mol. The molecule has 2 atom stereocenters. The molecular formula is C40H32N10O12S2. The number of aromatic amines is 2. The number of nitrogens with zero attached hydrogens (tertiary/aromatic N) is 6. The number of hydrazone groups is 2. The maximum Gasteiger partial charge on any atom is 0.276 e. The zero-order valence-electron chi connectivity index (χ0n) is 33.0. The second-order valence-corrected chi connectivity index (χ2v) is 17.3. The Kier molecular flexibility index (Phi) is 11.9. The van der Waals surface area contributed by atoms with Crippen molar-refractivity contribution >= 4 is 64.9 Å². The zero-order valence-corrected chi connectivity index (χ0v) is 34.7. The van der Waals surface area contributed by atoms with Gasteiger partial charge in [-0.25, -0.2) is 9.97 Å². The Bertz CT molecular complexity index is 3190. The van der Waals surface area contributed by atoms with Crippen LogP contribution in [0, 0.1) is 34.1 Å². The molecule has 0 fully saturated rings. The van der Waals surface area contributed by atoms with Crippen LogP contribution >= 0.6 is 0 Å². The van der Waals surface area contributed by atoms with Crippen LogP contribution in [0.2, 0.25) is 0 Å². The molecule has 22 nitrogen and oxygen atoms in total. The van der Waals surface area contributed by atoms with Crippen molar-refractivity contribution in [1.82, 2.24) is 29.6 Å². The molecule has 0 amide bonds. The van der Waals surface area contributed by atoms with Crippen molar-refractivity contribution in [2.24, 2.45) is 10.2 Å². The predicted octanol–water partition coefficient (Wildman–Crippen LogP) is 3.43. The SMILES string of the molecule is Cc1ccc(S(=O)(=O)N/N=C(\c2nc3ccc([N+](=O)[O-])cc3[nH]c2=O)C(O)c2ccc(C(O)/C(=N/NS(=O)(=O)c3ccc(C)cc3)c3nc4ccc([N+](=O)[O-])cc4[nH]c3=O)cc2)cc1. The molecule has 0 aliphatic rings. The number of nitro benzene ring substituents is 2. The second-order valence-electron chi connectivity index (χ2n) is 14.0. The first kappa shape index (κ1) is 44.0. The van der Waals surface area contributed by atoms with Crippen LogP contribution in [-0.4, -0.2) is 68.3 Å². The van der Waals surface area contributed by atoms with Gasteiger partial charge in [0.1, 0.15) is 23.6 Å². The molecule has 0 saturated carbocycles. The van der Waals surface area contributed by atoms with Gasteiger partial charge in [0, 0.05) is 24.3 Å². The summed E-state index contributed by atoms with van der Waals surface area (Å²) in [6, 6.07) is 23.1. The van der Waals surface area contributed by atoms with Gasteiger partial charge in [0.05, 0.1) is 41.7 Å². The van der Waals surface area contributed by atoms with E-state index >= 15 is 0 Å². The number of nitro groups is 2. The molecule has 0 aliphatic carbocycles. The monoisotopic (exact) mass is 908 g/mol. The Balaban J connectivity index is 1.29. The molecule has 7 aromatic rings. The first-order chi connectivity index (χ1) is 30.3. The average molecular weight is 909 g/mol. The van der Waals surface area contributed by atoms with Crippen molar-refractivity contribution < 1.29 is 36.9 Å². The van der Waals surface area contributed by atoms with Crippen LogP contribution in [0.5, 0.6) is 0 Å². The highest BCUT2D eigenvalue weighted by Gasteiger charge is 2.28. The van der Waals surface area contributed by atoms with E-state index < -0.39 is 76.0 Å². The smallest absolute Gasteiger partial charge is 0.276 e. The number of non-ortho nitro benzene ring substituents is 2. The van der Waals surface area contributed by atoms with E-state index in [9.17, 15) is 56.9 Å². The summed E-state index contributed by atoms with van der Waals surface area (Å²) in [6.45, 7) is 3.48. The fraction of sp³-hybridized carbons (Fsp3) is 0.100. The van der Waals surface area contributed by atoms with Crippen molar-refractivity contribution in [3.63, 3.8) is 0 Å². The standard InChI is InChI=1S/C40H32N10O12S2/c1-21-3-13-27(14-4-21)63(59,60)47-45-33(35-39(53)43-31-19-25(49(55)56)11-17-29(31)41-35)37(51)23-7-9-24(10-8-23)38(52)34(46-48-64(61,62)28-15-5-22(2)6-16-28)36-40(54)44-32-20-26(50(57)58)12-18-30(32)42-36/h3-20,37-38,47-48,51-52H,1-2H3,(H,43,53)(H,44,54)/b45-33+,46-34+. The van der Waals surface area contributed by atoms with Gasteiger partial charge >= 0.3 is 0 Å². The first-order valence-electron chi connectivity index (χ1n) is 18.5. The van der Waals surface area contributed by atoms with E-state index in [0.717, 1.165) is 35.4 Å². The van der Waals surface area contributed by atoms with Gasteiger partial charge in [-0.15, -0.1) is 0 Å². The minimum absolute atomic E-state index is 0.0142. The number of aliphatic hydroxyl groups is 2. The van der Waals surface area contributed by atoms with Crippen molar-refractivity contribution in [3.8, 4) is 0 Å². The second kappa shape index (κ2) is 17.4. The molecule has 2 unspecified atom stereocenters. The number of H-pyrrole nitrogens is 2. The average Bonchev–Trinajstić information content (AvgIpc) is 3.26. The Morgan fingerprint density at radius 1 is 0.594 bits per heavy atom. The molecule has 0 aliphatic heterocycles. The number of aryl methyl sites for hydroxylation is 2. The zero-order chi connectivity index (χ0) is 46.1. The lowest BCUT2D eigenvalue weighted by atomic mass is 9.97. The van der Waals surface area contributed by atoms with E-state index in [0.29, 0.717) is 0 Å². The maximum atomic E-state index is 13.5. The molecule has 2 aromatic heterocycles. The molecule has 0 radical (unpaired) electrons. The van der Waals surface area contributed by atoms with E-state index in [1.807, 2.05) is 9.66 Å². The van der Waals surface area contributed by atoms with Crippen LogP contribution in [0.15, 0.2) is 139 Å². The van der Waals surface area contributed by atoms with Crippen molar-refractivity contribution in [1.29, 1.82) is 0 Å². The number of aliphatic hydroxyl groups excluding tert-OH is 2. The topological polar surface area (TPSA) is 335 Å². The van der Waals surface area contributed by atoms with Gasteiger partial charge in [-0.3, -0.25) is 29.8 Å². The van der Waals surface area contributed by atoms with Crippen molar-refractivity contribution in [2.45, 2.75) is 35.8 Å². The van der Waals surface area contributed by atoms with Gasteiger partial charge in [-0.2, -0.15) is 36.7 Å². The number of rotatable bonds is 14. The molecule has 0 saturated heterocycles. The van der Waals surface area contributed by atoms with Crippen LogP contribution in [0.25, 0.3) is 22.1 Å². The summed E-state index contributed by atoms with van der Waals surface area (Å²) in [5.74, 6) is 0. The van der Waals surface area contributed by atoms with Gasteiger partial charge in [-0.05, 0) is 61.4 Å². The van der Waals surface area contributed by atoms with E-state index in [4.69, 9.17) is 0 Å². The number of fused-ring (bicyclic) bond motifs is 2. The summed E-state index contributed by atoms with van der Waals surface area (Å²) in [6.07, 6.45) is -3.86. The third-order valence-electron chi connectivity index (χ3n) is 9.58. The first-order valence-corrected chi connectivity index (χ1v) is 21.4. The molecule has 64 heavy (non-hydrogen) atoms. The number of hydrogen-bond donors (Lipinski definition) is 6. The molecule has 6 N–H and O–H groups in total. The van der Waals surface area contributed by atoms with Crippen molar-refractivity contribution in [3.05, 3.63) is 184 Å². The van der Waals surface area contributed by atoms with Gasteiger partial charge < -0.3 is 20.2 Å². The van der Waals surface area contributed by atoms with Crippen LogP contribution in [0.1, 0.15) is 45.8 Å². The van der Waals surface area contributed by atoms with Gasteiger partial charge in [0.15, 0.2) is 11.4 Å². The van der Waals surface area contributed by atoms with Crippen LogP contribution < -0.4 is 20.8 Å².